The first-order valence-corrected chi connectivity index (χ1v) is 8.96. The van der Waals surface area contributed by atoms with Gasteiger partial charge in [0.05, 0.1) is 6.20 Å². The molecule has 5 heteroatoms. The minimum Gasteiger partial charge on any atom is -0.386 e. The van der Waals surface area contributed by atoms with Gasteiger partial charge in [0.25, 0.3) is 0 Å². The lowest BCUT2D eigenvalue weighted by molar-refractivity contribution is 0.107. The van der Waals surface area contributed by atoms with E-state index in [2.05, 4.69) is 41.2 Å². The maximum absolute atomic E-state index is 10.6. The van der Waals surface area contributed by atoms with Gasteiger partial charge in [0.15, 0.2) is 0 Å². The number of aliphatic hydroxyl groups excluding tert-OH is 1. The van der Waals surface area contributed by atoms with Crippen LogP contribution in [0.2, 0.25) is 0 Å². The third-order valence-corrected chi connectivity index (χ3v) is 5.26. The van der Waals surface area contributed by atoms with Gasteiger partial charge in [-0.1, -0.05) is 36.4 Å². The van der Waals surface area contributed by atoms with E-state index in [0.29, 0.717) is 6.54 Å². The van der Waals surface area contributed by atoms with Gasteiger partial charge in [0.2, 0.25) is 0 Å². The fourth-order valence-corrected chi connectivity index (χ4v) is 3.49. The smallest absolute Gasteiger partial charge is 0.101 e. The minimum atomic E-state index is -0.467. The summed E-state index contributed by atoms with van der Waals surface area (Å²) in [5.74, 6) is 0. The molecule has 0 aliphatic carbocycles. The quantitative estimate of drug-likeness (QED) is 0.715. The normalized spacial score (nSPS) is 12.7. The first-order chi connectivity index (χ1) is 11.6. The highest BCUT2D eigenvalue weighted by atomic mass is 32.1. The molecule has 2 aromatic heterocycles. The maximum Gasteiger partial charge on any atom is 0.101 e. The molecule has 4 nitrogen and oxygen atoms in total. The van der Waals surface area contributed by atoms with E-state index < -0.39 is 6.10 Å². The summed E-state index contributed by atoms with van der Waals surface area (Å²) in [6, 6.07) is 14.4. The summed E-state index contributed by atoms with van der Waals surface area (Å²) >= 11 is 1.60. The zero-order valence-corrected chi connectivity index (χ0v) is 14.9. The second kappa shape index (κ2) is 7.75. The lowest BCUT2D eigenvalue weighted by Gasteiger charge is -2.25. The van der Waals surface area contributed by atoms with Crippen LogP contribution in [0.1, 0.15) is 27.8 Å². The number of benzene rings is 1. The molecule has 1 unspecified atom stereocenters. The number of aromatic nitrogens is 2. The molecule has 0 bridgehead atoms. The monoisotopic (exact) mass is 341 g/mol. The van der Waals surface area contributed by atoms with E-state index in [1.165, 1.54) is 16.8 Å². The summed E-state index contributed by atoms with van der Waals surface area (Å²) in [6.45, 7) is 4.26. The molecule has 0 spiro atoms. The van der Waals surface area contributed by atoms with Crippen LogP contribution in [0.25, 0.3) is 0 Å². The van der Waals surface area contributed by atoms with Crippen LogP contribution in [-0.2, 0) is 20.1 Å². The Morgan fingerprint density at radius 1 is 1.17 bits per heavy atom. The lowest BCUT2D eigenvalue weighted by atomic mass is 10.1. The third kappa shape index (κ3) is 4.12. The van der Waals surface area contributed by atoms with Crippen molar-refractivity contribution in [2.75, 3.05) is 6.54 Å². The van der Waals surface area contributed by atoms with Crippen molar-refractivity contribution in [1.29, 1.82) is 0 Å². The molecule has 0 saturated carbocycles. The molecular formula is C19H23N3OS. The molecule has 0 aliphatic rings. The number of hydrogen-bond donors (Lipinski definition) is 1. The van der Waals surface area contributed by atoms with E-state index in [4.69, 9.17) is 0 Å². The standard InChI is InChI=1S/C19H23N3OS/c1-15-17(11-20-21(15)2)13-22(12-16-7-4-3-5-8-16)14-18(23)19-9-6-10-24-19/h3-11,18,23H,12-14H2,1-2H3. The van der Waals surface area contributed by atoms with E-state index in [9.17, 15) is 5.11 Å². The summed E-state index contributed by atoms with van der Waals surface area (Å²) in [4.78, 5) is 3.29. The molecule has 1 atom stereocenters. The average molecular weight is 341 g/mol. The fourth-order valence-electron chi connectivity index (χ4n) is 2.78. The predicted octanol–water partition coefficient (Wildman–Crippen LogP) is 3.53. The SMILES string of the molecule is Cc1c(CN(Cc2ccccc2)CC(O)c2cccs2)cnn1C. The number of rotatable bonds is 7. The van der Waals surface area contributed by atoms with Crippen molar-refractivity contribution in [1.82, 2.24) is 14.7 Å². The topological polar surface area (TPSA) is 41.3 Å². The van der Waals surface area contributed by atoms with Crippen molar-refractivity contribution in [2.45, 2.75) is 26.1 Å². The summed E-state index contributed by atoms with van der Waals surface area (Å²) in [5.41, 5.74) is 3.61. The number of aryl methyl sites for hydroxylation is 1. The molecule has 24 heavy (non-hydrogen) atoms. The number of hydrogen-bond acceptors (Lipinski definition) is 4. The first-order valence-electron chi connectivity index (χ1n) is 8.08. The van der Waals surface area contributed by atoms with Gasteiger partial charge in [0.1, 0.15) is 6.10 Å². The van der Waals surface area contributed by atoms with E-state index >= 15 is 0 Å². The van der Waals surface area contributed by atoms with Gasteiger partial charge in [-0.05, 0) is 23.9 Å². The predicted molar refractivity (Wildman–Crippen MR) is 97.8 cm³/mol. The zero-order valence-electron chi connectivity index (χ0n) is 14.1. The van der Waals surface area contributed by atoms with Crippen molar-refractivity contribution in [3.63, 3.8) is 0 Å². The number of thiophene rings is 1. The van der Waals surface area contributed by atoms with Gasteiger partial charge >= 0.3 is 0 Å². The molecular weight excluding hydrogens is 318 g/mol. The van der Waals surface area contributed by atoms with Crippen LogP contribution < -0.4 is 0 Å². The highest BCUT2D eigenvalue weighted by Gasteiger charge is 2.17. The zero-order chi connectivity index (χ0) is 16.9. The van der Waals surface area contributed by atoms with Crippen LogP contribution in [0.5, 0.6) is 0 Å². The van der Waals surface area contributed by atoms with Crippen molar-refractivity contribution in [2.24, 2.45) is 7.05 Å². The highest BCUT2D eigenvalue weighted by molar-refractivity contribution is 7.10. The molecule has 0 saturated heterocycles. The van der Waals surface area contributed by atoms with Gasteiger partial charge < -0.3 is 5.11 Å². The van der Waals surface area contributed by atoms with Crippen molar-refractivity contribution >= 4 is 11.3 Å². The van der Waals surface area contributed by atoms with Crippen LogP contribution in [0.15, 0.2) is 54.0 Å². The molecule has 0 radical (unpaired) electrons. The molecule has 1 aromatic carbocycles. The second-order valence-corrected chi connectivity index (χ2v) is 7.04. The Bertz CT molecular complexity index is 752. The number of nitrogens with zero attached hydrogens (tertiary/aromatic N) is 3. The van der Waals surface area contributed by atoms with Crippen LogP contribution in [-0.4, -0.2) is 26.3 Å². The molecule has 0 fully saturated rings. The van der Waals surface area contributed by atoms with Crippen LogP contribution >= 0.6 is 11.3 Å². The van der Waals surface area contributed by atoms with Gasteiger partial charge in [-0.2, -0.15) is 5.10 Å². The summed E-state index contributed by atoms with van der Waals surface area (Å²) < 4.78 is 1.89. The average Bonchev–Trinajstić information content (AvgIpc) is 3.22. The van der Waals surface area contributed by atoms with Crippen LogP contribution in [0.3, 0.4) is 0 Å². The molecule has 126 valence electrons. The lowest BCUT2D eigenvalue weighted by Crippen LogP contribution is -2.28. The molecule has 1 N–H and O–H groups in total. The van der Waals surface area contributed by atoms with Crippen molar-refractivity contribution < 1.29 is 5.11 Å². The summed E-state index contributed by atoms with van der Waals surface area (Å²) in [7, 11) is 1.96. The van der Waals surface area contributed by atoms with Crippen LogP contribution in [0, 0.1) is 6.92 Å². The van der Waals surface area contributed by atoms with Crippen molar-refractivity contribution in [3.05, 3.63) is 75.7 Å². The Morgan fingerprint density at radius 3 is 2.58 bits per heavy atom. The van der Waals surface area contributed by atoms with Gasteiger partial charge in [0, 0.05) is 42.8 Å². The van der Waals surface area contributed by atoms with E-state index in [0.717, 1.165) is 18.0 Å². The van der Waals surface area contributed by atoms with E-state index in [-0.39, 0.29) is 0 Å². The first kappa shape index (κ1) is 16.9. The van der Waals surface area contributed by atoms with E-state index in [1.807, 2.05) is 41.5 Å². The van der Waals surface area contributed by atoms with Gasteiger partial charge in [-0.25, -0.2) is 0 Å². The molecule has 2 heterocycles. The minimum absolute atomic E-state index is 0.467. The number of aliphatic hydroxyl groups is 1. The Labute approximate surface area is 147 Å². The third-order valence-electron chi connectivity index (χ3n) is 4.28. The molecule has 0 amide bonds. The highest BCUT2D eigenvalue weighted by Crippen LogP contribution is 2.22. The van der Waals surface area contributed by atoms with Crippen molar-refractivity contribution in [3.8, 4) is 0 Å². The van der Waals surface area contributed by atoms with Gasteiger partial charge in [-0.3, -0.25) is 9.58 Å². The fraction of sp³-hybridized carbons (Fsp3) is 0.316. The maximum atomic E-state index is 10.6. The second-order valence-electron chi connectivity index (χ2n) is 6.07. The largest absolute Gasteiger partial charge is 0.386 e. The molecule has 3 aromatic rings. The Morgan fingerprint density at radius 2 is 1.96 bits per heavy atom. The Kier molecular flexibility index (Phi) is 5.45. The molecule has 0 aliphatic heterocycles. The summed E-state index contributed by atoms with van der Waals surface area (Å²) in [5, 5.41) is 16.9. The molecule has 3 rings (SSSR count). The Balaban J connectivity index is 1.76. The Hall–Kier alpha value is -1.95. The van der Waals surface area contributed by atoms with Gasteiger partial charge in [-0.15, -0.1) is 11.3 Å². The summed E-state index contributed by atoms with van der Waals surface area (Å²) in [6.07, 6.45) is 1.45. The van der Waals surface area contributed by atoms with Crippen LogP contribution in [0.4, 0.5) is 0 Å². The van der Waals surface area contributed by atoms with E-state index in [1.54, 1.807) is 11.3 Å².